The number of rotatable bonds is 1. The maximum Gasteiger partial charge on any atom is 0.224 e. The van der Waals surface area contributed by atoms with Crippen LogP contribution in [-0.4, -0.2) is 0 Å². The summed E-state index contributed by atoms with van der Waals surface area (Å²) in [6.07, 6.45) is 0. The van der Waals surface area contributed by atoms with E-state index >= 15 is 0 Å². The molecule has 0 unspecified atom stereocenters. The van der Waals surface area contributed by atoms with E-state index in [0.29, 0.717) is 16.8 Å². The molecule has 0 radical (unpaired) electrons. The molecule has 0 aliphatic carbocycles. The summed E-state index contributed by atoms with van der Waals surface area (Å²) in [5.41, 5.74) is 1.61. The van der Waals surface area contributed by atoms with E-state index in [-0.39, 0.29) is 5.82 Å². The molecule has 1 heterocycles. The summed E-state index contributed by atoms with van der Waals surface area (Å²) in [4.78, 5) is 0. The first-order chi connectivity index (χ1) is 8.75. The van der Waals surface area contributed by atoms with Crippen LogP contribution in [0.15, 0.2) is 60.7 Å². The molecular formula is C15H10FNO. The smallest absolute Gasteiger partial charge is 0.224 e. The summed E-state index contributed by atoms with van der Waals surface area (Å²) >= 11 is 0. The van der Waals surface area contributed by atoms with Gasteiger partial charge in [-0.05, 0) is 30.3 Å². The van der Waals surface area contributed by atoms with Crippen molar-refractivity contribution >= 4 is 10.9 Å². The summed E-state index contributed by atoms with van der Waals surface area (Å²) in [7, 11) is 0. The molecule has 3 rings (SSSR count). The molecule has 0 fully saturated rings. The van der Waals surface area contributed by atoms with Crippen molar-refractivity contribution in [3.63, 3.8) is 0 Å². The van der Waals surface area contributed by atoms with Gasteiger partial charge in [-0.25, -0.2) is 4.39 Å². The fraction of sp³-hybridized carbons (Fsp3) is 0. The fourth-order valence-corrected chi connectivity index (χ4v) is 2.04. The molecule has 0 saturated carbocycles. The van der Waals surface area contributed by atoms with Gasteiger partial charge in [0.15, 0.2) is 0 Å². The van der Waals surface area contributed by atoms with Crippen molar-refractivity contribution < 1.29 is 9.12 Å². The van der Waals surface area contributed by atoms with Crippen LogP contribution in [0.25, 0.3) is 22.2 Å². The number of pyridine rings is 1. The predicted molar refractivity (Wildman–Crippen MR) is 68.3 cm³/mol. The third-order valence-electron chi connectivity index (χ3n) is 2.92. The lowest BCUT2D eigenvalue weighted by molar-refractivity contribution is -0.565. The number of benzene rings is 2. The standard InChI is InChI=1S/C15H10FNO/c16-13-6-3-5-12(10-13)15-9-8-11-4-1-2-7-14(11)17(15)18/h1-10H. The summed E-state index contributed by atoms with van der Waals surface area (Å²) in [5.74, 6) is -0.347. The Balaban J connectivity index is 2.27. The van der Waals surface area contributed by atoms with Crippen LogP contribution < -0.4 is 4.73 Å². The average molecular weight is 239 g/mol. The molecule has 1 aromatic heterocycles. The SMILES string of the molecule is [O-][n+]1c(-c2cccc(F)c2)ccc2ccccc21. The third kappa shape index (κ3) is 1.70. The highest BCUT2D eigenvalue weighted by molar-refractivity contribution is 5.77. The molecule has 3 heteroatoms. The molecule has 0 bridgehead atoms. The van der Waals surface area contributed by atoms with Gasteiger partial charge in [-0.3, -0.25) is 0 Å². The van der Waals surface area contributed by atoms with E-state index in [0.717, 1.165) is 10.1 Å². The molecule has 0 atom stereocenters. The zero-order chi connectivity index (χ0) is 12.5. The Morgan fingerprint density at radius 2 is 1.72 bits per heavy atom. The molecule has 18 heavy (non-hydrogen) atoms. The van der Waals surface area contributed by atoms with Crippen LogP contribution in [0.3, 0.4) is 0 Å². The van der Waals surface area contributed by atoms with Crippen molar-refractivity contribution in [2.45, 2.75) is 0 Å². The number of hydrogen-bond acceptors (Lipinski definition) is 1. The van der Waals surface area contributed by atoms with Gasteiger partial charge in [0, 0.05) is 17.5 Å². The number of hydrogen-bond donors (Lipinski definition) is 0. The number of nitrogens with zero attached hydrogens (tertiary/aromatic N) is 1. The van der Waals surface area contributed by atoms with Gasteiger partial charge < -0.3 is 5.21 Å². The van der Waals surface area contributed by atoms with Crippen molar-refractivity contribution in [3.8, 4) is 11.3 Å². The molecule has 0 saturated heterocycles. The fourth-order valence-electron chi connectivity index (χ4n) is 2.04. The number of halogens is 1. The van der Waals surface area contributed by atoms with Crippen LogP contribution in [0.4, 0.5) is 4.39 Å². The van der Waals surface area contributed by atoms with Crippen molar-refractivity contribution in [3.05, 3.63) is 71.7 Å². The van der Waals surface area contributed by atoms with Crippen LogP contribution in [0.5, 0.6) is 0 Å². The first-order valence-corrected chi connectivity index (χ1v) is 5.63. The van der Waals surface area contributed by atoms with Crippen molar-refractivity contribution in [1.29, 1.82) is 0 Å². The summed E-state index contributed by atoms with van der Waals surface area (Å²) < 4.78 is 14.0. The molecule has 3 aromatic rings. The van der Waals surface area contributed by atoms with Crippen LogP contribution in [0.1, 0.15) is 0 Å². The molecule has 0 amide bonds. The summed E-state index contributed by atoms with van der Waals surface area (Å²) in [5, 5.41) is 13.1. The Bertz CT molecular complexity index is 725. The molecule has 0 spiro atoms. The van der Waals surface area contributed by atoms with Gasteiger partial charge in [-0.15, -0.1) is 0 Å². The van der Waals surface area contributed by atoms with E-state index in [9.17, 15) is 9.60 Å². The van der Waals surface area contributed by atoms with E-state index in [2.05, 4.69) is 0 Å². The first kappa shape index (κ1) is 10.7. The Morgan fingerprint density at radius 1 is 0.889 bits per heavy atom. The molecule has 0 aliphatic rings. The van der Waals surface area contributed by atoms with E-state index in [1.807, 2.05) is 24.3 Å². The van der Waals surface area contributed by atoms with Gasteiger partial charge >= 0.3 is 0 Å². The number of para-hydroxylation sites is 1. The molecule has 2 nitrogen and oxygen atoms in total. The van der Waals surface area contributed by atoms with Gasteiger partial charge in [0.25, 0.3) is 0 Å². The van der Waals surface area contributed by atoms with Crippen LogP contribution in [0.2, 0.25) is 0 Å². The second-order valence-corrected chi connectivity index (χ2v) is 4.08. The van der Waals surface area contributed by atoms with E-state index in [1.165, 1.54) is 12.1 Å². The van der Waals surface area contributed by atoms with Gasteiger partial charge in [0.1, 0.15) is 5.82 Å². The lowest BCUT2D eigenvalue weighted by Crippen LogP contribution is -2.29. The molecule has 0 aliphatic heterocycles. The molecular weight excluding hydrogens is 229 g/mol. The van der Waals surface area contributed by atoms with Crippen molar-refractivity contribution in [1.82, 2.24) is 0 Å². The lowest BCUT2D eigenvalue weighted by atomic mass is 10.1. The van der Waals surface area contributed by atoms with Gasteiger partial charge in [-0.1, -0.05) is 18.2 Å². The minimum absolute atomic E-state index is 0.347. The Hall–Kier alpha value is -2.42. The summed E-state index contributed by atoms with van der Waals surface area (Å²) in [6, 6.07) is 16.9. The summed E-state index contributed by atoms with van der Waals surface area (Å²) in [6.45, 7) is 0. The normalized spacial score (nSPS) is 10.7. The van der Waals surface area contributed by atoms with Gasteiger partial charge in [-0.2, -0.15) is 4.73 Å². The maximum atomic E-state index is 13.2. The van der Waals surface area contributed by atoms with E-state index in [4.69, 9.17) is 0 Å². The van der Waals surface area contributed by atoms with E-state index in [1.54, 1.807) is 24.3 Å². The predicted octanol–water partition coefficient (Wildman–Crippen LogP) is 3.28. The highest BCUT2D eigenvalue weighted by Gasteiger charge is 2.12. The van der Waals surface area contributed by atoms with Crippen LogP contribution in [-0.2, 0) is 0 Å². The Morgan fingerprint density at radius 3 is 2.56 bits per heavy atom. The molecule has 2 aromatic carbocycles. The van der Waals surface area contributed by atoms with Crippen LogP contribution >= 0.6 is 0 Å². The second kappa shape index (κ2) is 4.11. The van der Waals surface area contributed by atoms with Gasteiger partial charge in [0.2, 0.25) is 11.2 Å². The largest absolute Gasteiger partial charge is 0.618 e. The molecule has 0 N–H and O–H groups in total. The monoisotopic (exact) mass is 239 g/mol. The van der Waals surface area contributed by atoms with Crippen molar-refractivity contribution in [2.75, 3.05) is 0 Å². The highest BCUT2D eigenvalue weighted by atomic mass is 19.1. The quantitative estimate of drug-likeness (QED) is 0.473. The third-order valence-corrected chi connectivity index (χ3v) is 2.92. The average Bonchev–Trinajstić information content (AvgIpc) is 2.39. The zero-order valence-electron chi connectivity index (χ0n) is 9.51. The Kier molecular flexibility index (Phi) is 2.45. The van der Waals surface area contributed by atoms with E-state index < -0.39 is 0 Å². The number of aromatic nitrogens is 1. The first-order valence-electron chi connectivity index (χ1n) is 5.63. The number of fused-ring (bicyclic) bond motifs is 1. The zero-order valence-corrected chi connectivity index (χ0v) is 9.51. The second-order valence-electron chi connectivity index (χ2n) is 4.08. The minimum Gasteiger partial charge on any atom is -0.618 e. The van der Waals surface area contributed by atoms with Gasteiger partial charge in [0.05, 0.1) is 5.56 Å². The Labute approximate surface area is 104 Å². The minimum atomic E-state index is -0.347. The van der Waals surface area contributed by atoms with Crippen molar-refractivity contribution in [2.24, 2.45) is 0 Å². The molecule has 88 valence electrons. The topological polar surface area (TPSA) is 26.9 Å². The highest BCUT2D eigenvalue weighted by Crippen LogP contribution is 2.19. The van der Waals surface area contributed by atoms with Crippen LogP contribution in [0, 0.1) is 11.0 Å². The maximum absolute atomic E-state index is 13.2. The lowest BCUT2D eigenvalue weighted by Gasteiger charge is -2.07.